The number of hydrogen-bond donors (Lipinski definition) is 2. The Morgan fingerprint density at radius 1 is 1.75 bits per heavy atom. The van der Waals surface area contributed by atoms with Gasteiger partial charge >= 0.3 is 5.97 Å². The maximum atomic E-state index is 10.0. The molecular weight excluding hydrogens is 114 g/mol. The first kappa shape index (κ1) is 7.35. The van der Waals surface area contributed by atoms with E-state index in [0.29, 0.717) is 0 Å². The molecule has 0 heterocycles. The van der Waals surface area contributed by atoms with E-state index in [1.807, 2.05) is 0 Å². The minimum absolute atomic E-state index is 0.244. The van der Waals surface area contributed by atoms with Crippen LogP contribution in [0.2, 0.25) is 0 Å². The highest BCUT2D eigenvalue weighted by Crippen LogP contribution is 1.75. The number of carbonyl (C=O) groups is 1. The summed E-state index contributed by atoms with van der Waals surface area (Å²) in [4.78, 5) is 10.0. The zero-order valence-electron chi connectivity index (χ0n) is 4.37. The van der Waals surface area contributed by atoms with Crippen LogP contribution in [0.25, 0.3) is 0 Å². The summed E-state index contributed by atoms with van der Waals surface area (Å²) in [6.45, 7) is -0.531. The first-order valence-corrected chi connectivity index (χ1v) is 1.89. The molecule has 0 saturated carbocycles. The van der Waals surface area contributed by atoms with Gasteiger partial charge in [0, 0.05) is 0 Å². The van der Waals surface area contributed by atoms with Crippen molar-refractivity contribution in [3.8, 4) is 0 Å². The summed E-state index contributed by atoms with van der Waals surface area (Å²) in [5.74, 6) is -0.699. The van der Waals surface area contributed by atoms with Gasteiger partial charge in [-0.3, -0.25) is 15.2 Å². The van der Waals surface area contributed by atoms with Crippen LogP contribution in [0.15, 0.2) is 0 Å². The Bertz CT molecular complexity index is 81.4. The molecule has 0 saturated heterocycles. The summed E-state index contributed by atoms with van der Waals surface area (Å²) >= 11 is 0. The van der Waals surface area contributed by atoms with E-state index in [2.05, 4.69) is 4.74 Å². The van der Waals surface area contributed by atoms with Crippen LogP contribution in [0.4, 0.5) is 0 Å². The van der Waals surface area contributed by atoms with Crippen molar-refractivity contribution in [2.24, 2.45) is 0 Å². The number of rotatable bonds is 2. The van der Waals surface area contributed by atoms with Crippen molar-refractivity contribution in [1.82, 2.24) is 5.23 Å². The fraction of sp³-hybridized carbons (Fsp3) is 0.667. The van der Waals surface area contributed by atoms with E-state index in [-0.39, 0.29) is 5.23 Å². The molecule has 0 aromatic rings. The summed E-state index contributed by atoms with van der Waals surface area (Å²) in [6.07, 6.45) is 0. The third-order valence-corrected chi connectivity index (χ3v) is 0.498. The lowest BCUT2D eigenvalue weighted by Gasteiger charge is -2.01. The molecule has 0 spiro atoms. The van der Waals surface area contributed by atoms with Crippen LogP contribution in [0, 0.1) is 0 Å². The third kappa shape index (κ3) is 3.54. The summed E-state index contributed by atoms with van der Waals surface area (Å²) in [5, 5.41) is 15.6. The summed E-state index contributed by atoms with van der Waals surface area (Å²) in [5.41, 5.74) is 0. The second-order valence-electron chi connectivity index (χ2n) is 1.11. The Morgan fingerprint density at radius 3 is 2.38 bits per heavy atom. The third-order valence-electron chi connectivity index (χ3n) is 0.498. The molecule has 0 unspecified atom stereocenters. The van der Waals surface area contributed by atoms with E-state index >= 15 is 0 Å². The van der Waals surface area contributed by atoms with Crippen molar-refractivity contribution >= 4 is 5.97 Å². The van der Waals surface area contributed by atoms with E-state index in [1.54, 1.807) is 0 Å². The zero-order chi connectivity index (χ0) is 6.57. The number of hydrogen-bond acceptors (Lipinski definition) is 5. The first-order chi connectivity index (χ1) is 3.66. The van der Waals surface area contributed by atoms with Gasteiger partial charge in [-0.1, -0.05) is 5.23 Å². The Balaban J connectivity index is 3.25. The highest BCUT2D eigenvalue weighted by molar-refractivity contribution is 5.70. The maximum Gasteiger partial charge on any atom is 0.324 e. The van der Waals surface area contributed by atoms with Crippen LogP contribution < -0.4 is 0 Å². The molecule has 2 N–H and O–H groups in total. The summed E-state index contributed by atoms with van der Waals surface area (Å²) in [6, 6.07) is 0. The van der Waals surface area contributed by atoms with E-state index in [9.17, 15) is 4.79 Å². The SMILES string of the molecule is COC(=O)CN(O)O. The Kier molecular flexibility index (Phi) is 3.09. The minimum Gasteiger partial charge on any atom is -0.468 e. The monoisotopic (exact) mass is 121 g/mol. The minimum atomic E-state index is -0.699. The van der Waals surface area contributed by atoms with Gasteiger partial charge in [-0.2, -0.15) is 0 Å². The Morgan fingerprint density at radius 2 is 2.25 bits per heavy atom. The van der Waals surface area contributed by atoms with Gasteiger partial charge in [0.2, 0.25) is 0 Å². The molecule has 0 aromatic carbocycles. The molecule has 0 aliphatic rings. The lowest BCUT2D eigenvalue weighted by Crippen LogP contribution is -2.23. The quantitative estimate of drug-likeness (QED) is 0.371. The van der Waals surface area contributed by atoms with E-state index < -0.39 is 12.5 Å². The van der Waals surface area contributed by atoms with Crippen molar-refractivity contribution < 1.29 is 19.9 Å². The van der Waals surface area contributed by atoms with Gasteiger partial charge in [0.05, 0.1) is 7.11 Å². The van der Waals surface area contributed by atoms with Crippen LogP contribution in [0.3, 0.4) is 0 Å². The van der Waals surface area contributed by atoms with Crippen LogP contribution in [0.1, 0.15) is 0 Å². The number of nitrogens with zero attached hydrogens (tertiary/aromatic N) is 1. The van der Waals surface area contributed by atoms with Gasteiger partial charge < -0.3 is 4.74 Å². The first-order valence-electron chi connectivity index (χ1n) is 1.89. The second kappa shape index (κ2) is 3.36. The smallest absolute Gasteiger partial charge is 0.324 e. The predicted octanol–water partition coefficient (Wildman–Crippen LogP) is -0.760. The topological polar surface area (TPSA) is 70.0 Å². The van der Waals surface area contributed by atoms with E-state index in [4.69, 9.17) is 10.4 Å². The molecule has 0 radical (unpaired) electrons. The number of hydroxylamine groups is 2. The van der Waals surface area contributed by atoms with Gasteiger partial charge in [-0.05, 0) is 0 Å². The highest BCUT2D eigenvalue weighted by Gasteiger charge is 2.02. The predicted molar refractivity (Wildman–Crippen MR) is 22.3 cm³/mol. The van der Waals surface area contributed by atoms with Crippen LogP contribution in [-0.2, 0) is 9.53 Å². The number of carbonyl (C=O) groups excluding carboxylic acids is 1. The summed E-state index contributed by atoms with van der Waals surface area (Å²) < 4.78 is 4.06. The van der Waals surface area contributed by atoms with Crippen molar-refractivity contribution in [2.75, 3.05) is 13.7 Å². The molecule has 0 aliphatic carbocycles. The molecule has 0 aromatic heterocycles. The molecule has 0 atom stereocenters. The normalized spacial score (nSPS) is 9.50. The number of ether oxygens (including phenoxy) is 1. The molecular formula is C3H7NO4. The molecule has 8 heavy (non-hydrogen) atoms. The van der Waals surface area contributed by atoms with E-state index in [1.165, 1.54) is 0 Å². The Hall–Kier alpha value is -0.650. The average Bonchev–Trinajstić information content (AvgIpc) is 1.65. The van der Waals surface area contributed by atoms with Gasteiger partial charge in [-0.15, -0.1) is 0 Å². The summed E-state index contributed by atoms with van der Waals surface area (Å²) in [7, 11) is 1.16. The second-order valence-corrected chi connectivity index (χ2v) is 1.11. The Labute approximate surface area is 46.0 Å². The van der Waals surface area contributed by atoms with Crippen molar-refractivity contribution in [3.63, 3.8) is 0 Å². The fourth-order valence-corrected chi connectivity index (χ4v) is 0.180. The average molecular weight is 121 g/mol. The fourth-order valence-electron chi connectivity index (χ4n) is 0.180. The molecule has 0 rings (SSSR count). The highest BCUT2D eigenvalue weighted by atomic mass is 16.8. The molecule has 5 heteroatoms. The van der Waals surface area contributed by atoms with Crippen molar-refractivity contribution in [3.05, 3.63) is 0 Å². The number of methoxy groups -OCH3 is 1. The molecule has 5 nitrogen and oxygen atoms in total. The van der Waals surface area contributed by atoms with Crippen LogP contribution >= 0.6 is 0 Å². The van der Waals surface area contributed by atoms with Crippen molar-refractivity contribution in [1.29, 1.82) is 0 Å². The van der Waals surface area contributed by atoms with Crippen LogP contribution in [-0.4, -0.2) is 35.3 Å². The lowest BCUT2D eigenvalue weighted by molar-refractivity contribution is -0.303. The number of esters is 1. The van der Waals surface area contributed by atoms with Gasteiger partial charge in [0.1, 0.15) is 6.54 Å². The maximum absolute atomic E-state index is 10.0. The van der Waals surface area contributed by atoms with Gasteiger partial charge in [0.25, 0.3) is 0 Å². The van der Waals surface area contributed by atoms with Crippen molar-refractivity contribution in [2.45, 2.75) is 0 Å². The lowest BCUT2D eigenvalue weighted by atomic mass is 10.7. The molecule has 0 aliphatic heterocycles. The zero-order valence-corrected chi connectivity index (χ0v) is 4.37. The molecule has 0 bridgehead atoms. The van der Waals surface area contributed by atoms with Gasteiger partial charge in [0.15, 0.2) is 0 Å². The van der Waals surface area contributed by atoms with E-state index in [0.717, 1.165) is 7.11 Å². The van der Waals surface area contributed by atoms with Gasteiger partial charge in [-0.25, -0.2) is 0 Å². The largest absolute Gasteiger partial charge is 0.468 e. The molecule has 0 amide bonds. The van der Waals surface area contributed by atoms with Crippen LogP contribution in [0.5, 0.6) is 0 Å². The molecule has 0 fully saturated rings. The molecule has 48 valence electrons. The standard InChI is InChI=1S/C3H7NO4/c1-8-3(5)2-4(6)7/h6-7H,2H2,1H3.